The molecule has 0 aromatic rings. The molecular formula is C10H21NO2S. The molecule has 0 amide bonds. The molecule has 1 N–H and O–H groups in total. The van der Waals surface area contributed by atoms with Crippen LogP contribution in [0.1, 0.15) is 6.42 Å². The molecule has 0 aliphatic carbocycles. The molecule has 0 aromatic carbocycles. The molecule has 1 heterocycles. The Morgan fingerprint density at radius 3 is 3.14 bits per heavy atom. The summed E-state index contributed by atoms with van der Waals surface area (Å²) in [6, 6.07) is 0. The molecule has 3 nitrogen and oxygen atoms in total. The van der Waals surface area contributed by atoms with Crippen LogP contribution in [0.5, 0.6) is 0 Å². The van der Waals surface area contributed by atoms with Gasteiger partial charge in [-0.3, -0.25) is 0 Å². The second-order valence-corrected chi connectivity index (χ2v) is 4.76. The normalized spacial score (nSPS) is 21.6. The smallest absolute Gasteiger partial charge is 0.0552 e. The highest BCUT2D eigenvalue weighted by Gasteiger charge is 2.14. The van der Waals surface area contributed by atoms with E-state index in [9.17, 15) is 0 Å². The number of methoxy groups -OCH3 is 1. The van der Waals surface area contributed by atoms with Gasteiger partial charge in [-0.1, -0.05) is 0 Å². The van der Waals surface area contributed by atoms with Gasteiger partial charge >= 0.3 is 0 Å². The standard InChI is InChI=1S/C10H21NO2S/c1-12-5-7-14-6-3-11-8-10-2-4-13-9-10/h10-11H,2-9H2,1H3. The number of rotatable bonds is 8. The van der Waals surface area contributed by atoms with Gasteiger partial charge in [-0.25, -0.2) is 0 Å². The molecule has 0 bridgehead atoms. The molecule has 84 valence electrons. The molecule has 1 rings (SSSR count). The van der Waals surface area contributed by atoms with Crippen LogP contribution in [0.25, 0.3) is 0 Å². The lowest BCUT2D eigenvalue weighted by Crippen LogP contribution is -2.25. The van der Waals surface area contributed by atoms with E-state index >= 15 is 0 Å². The van der Waals surface area contributed by atoms with Crippen LogP contribution in [-0.4, -0.2) is 51.5 Å². The van der Waals surface area contributed by atoms with E-state index in [-0.39, 0.29) is 0 Å². The maximum absolute atomic E-state index is 5.31. The number of ether oxygens (including phenoxy) is 2. The Bertz CT molecular complexity index is 129. The van der Waals surface area contributed by atoms with Crippen molar-refractivity contribution in [2.45, 2.75) is 6.42 Å². The van der Waals surface area contributed by atoms with Crippen molar-refractivity contribution in [1.29, 1.82) is 0 Å². The molecule has 0 radical (unpaired) electrons. The van der Waals surface area contributed by atoms with Crippen LogP contribution >= 0.6 is 11.8 Å². The summed E-state index contributed by atoms with van der Waals surface area (Å²) in [7, 11) is 1.75. The van der Waals surface area contributed by atoms with Gasteiger partial charge in [-0.05, 0) is 12.3 Å². The lowest BCUT2D eigenvalue weighted by atomic mass is 10.1. The number of thioether (sulfide) groups is 1. The highest BCUT2D eigenvalue weighted by atomic mass is 32.2. The molecule has 1 unspecified atom stereocenters. The van der Waals surface area contributed by atoms with Crippen LogP contribution in [0.4, 0.5) is 0 Å². The monoisotopic (exact) mass is 219 g/mol. The Morgan fingerprint density at radius 2 is 2.43 bits per heavy atom. The molecule has 1 saturated heterocycles. The number of hydrogen-bond donors (Lipinski definition) is 1. The fraction of sp³-hybridized carbons (Fsp3) is 1.00. The largest absolute Gasteiger partial charge is 0.384 e. The molecular weight excluding hydrogens is 198 g/mol. The lowest BCUT2D eigenvalue weighted by molar-refractivity contribution is 0.185. The maximum atomic E-state index is 5.31. The van der Waals surface area contributed by atoms with Gasteiger partial charge in [0.15, 0.2) is 0 Å². The van der Waals surface area contributed by atoms with Gasteiger partial charge in [0.2, 0.25) is 0 Å². The number of hydrogen-bond acceptors (Lipinski definition) is 4. The van der Waals surface area contributed by atoms with Gasteiger partial charge in [-0.15, -0.1) is 0 Å². The topological polar surface area (TPSA) is 30.5 Å². The van der Waals surface area contributed by atoms with Crippen molar-refractivity contribution in [1.82, 2.24) is 5.32 Å². The zero-order valence-electron chi connectivity index (χ0n) is 8.96. The van der Waals surface area contributed by atoms with Crippen molar-refractivity contribution in [2.75, 3.05) is 51.5 Å². The Hall–Kier alpha value is 0.230. The maximum Gasteiger partial charge on any atom is 0.0552 e. The zero-order chi connectivity index (χ0) is 10.1. The third kappa shape index (κ3) is 5.86. The Morgan fingerprint density at radius 1 is 1.50 bits per heavy atom. The van der Waals surface area contributed by atoms with Crippen LogP contribution in [-0.2, 0) is 9.47 Å². The SMILES string of the molecule is COCCSCCNCC1CCOC1. The minimum atomic E-state index is 0.749. The van der Waals surface area contributed by atoms with Crippen LogP contribution in [0, 0.1) is 5.92 Å². The van der Waals surface area contributed by atoms with Crippen molar-refractivity contribution in [3.8, 4) is 0 Å². The van der Waals surface area contributed by atoms with Gasteiger partial charge in [0.05, 0.1) is 13.2 Å². The van der Waals surface area contributed by atoms with Crippen molar-refractivity contribution >= 4 is 11.8 Å². The van der Waals surface area contributed by atoms with E-state index in [4.69, 9.17) is 9.47 Å². The fourth-order valence-corrected chi connectivity index (χ4v) is 2.22. The van der Waals surface area contributed by atoms with E-state index in [0.717, 1.165) is 44.6 Å². The highest BCUT2D eigenvalue weighted by molar-refractivity contribution is 7.99. The molecule has 0 saturated carbocycles. The van der Waals surface area contributed by atoms with Gasteiger partial charge in [-0.2, -0.15) is 11.8 Å². The molecule has 14 heavy (non-hydrogen) atoms. The van der Waals surface area contributed by atoms with E-state index in [1.807, 2.05) is 11.8 Å². The van der Waals surface area contributed by atoms with Crippen LogP contribution in [0.15, 0.2) is 0 Å². The van der Waals surface area contributed by atoms with E-state index in [1.165, 1.54) is 12.2 Å². The third-order valence-corrected chi connectivity index (χ3v) is 3.26. The first kappa shape index (κ1) is 12.3. The molecule has 0 aromatic heterocycles. The first-order chi connectivity index (χ1) is 6.93. The van der Waals surface area contributed by atoms with Crippen LogP contribution in [0.3, 0.4) is 0 Å². The van der Waals surface area contributed by atoms with Crippen molar-refractivity contribution in [2.24, 2.45) is 5.92 Å². The van der Waals surface area contributed by atoms with Gasteiger partial charge < -0.3 is 14.8 Å². The van der Waals surface area contributed by atoms with E-state index in [1.54, 1.807) is 7.11 Å². The van der Waals surface area contributed by atoms with Crippen molar-refractivity contribution in [3.63, 3.8) is 0 Å². The molecule has 1 aliphatic heterocycles. The Balaban J connectivity index is 1.75. The summed E-state index contributed by atoms with van der Waals surface area (Å²) in [6.45, 7) is 4.98. The minimum absolute atomic E-state index is 0.749. The van der Waals surface area contributed by atoms with Gasteiger partial charge in [0.1, 0.15) is 0 Å². The third-order valence-electron chi connectivity index (χ3n) is 2.31. The van der Waals surface area contributed by atoms with E-state index in [0.29, 0.717) is 0 Å². The molecule has 0 spiro atoms. The predicted octanol–water partition coefficient (Wildman–Crippen LogP) is 0.992. The Labute approximate surface area is 90.9 Å². The van der Waals surface area contributed by atoms with Gasteiger partial charge in [0, 0.05) is 38.3 Å². The first-order valence-corrected chi connectivity index (χ1v) is 6.44. The second kappa shape index (κ2) is 8.53. The molecule has 4 heteroatoms. The molecule has 1 atom stereocenters. The highest BCUT2D eigenvalue weighted by Crippen LogP contribution is 2.10. The summed E-state index contributed by atoms with van der Waals surface area (Å²) in [5, 5.41) is 3.46. The van der Waals surface area contributed by atoms with E-state index in [2.05, 4.69) is 5.32 Å². The van der Waals surface area contributed by atoms with Crippen molar-refractivity contribution < 1.29 is 9.47 Å². The summed E-state index contributed by atoms with van der Waals surface area (Å²) in [5.41, 5.74) is 0. The quantitative estimate of drug-likeness (QED) is 0.617. The Kier molecular flexibility index (Phi) is 7.50. The van der Waals surface area contributed by atoms with Crippen LogP contribution in [0.2, 0.25) is 0 Å². The predicted molar refractivity (Wildman–Crippen MR) is 61.0 cm³/mol. The summed E-state index contributed by atoms with van der Waals surface area (Å²) in [4.78, 5) is 0. The van der Waals surface area contributed by atoms with Crippen LogP contribution < -0.4 is 5.32 Å². The van der Waals surface area contributed by atoms with E-state index < -0.39 is 0 Å². The lowest BCUT2D eigenvalue weighted by Gasteiger charge is -2.08. The summed E-state index contributed by atoms with van der Waals surface area (Å²) in [6.07, 6.45) is 1.23. The van der Waals surface area contributed by atoms with Crippen molar-refractivity contribution in [3.05, 3.63) is 0 Å². The molecule has 1 fully saturated rings. The zero-order valence-corrected chi connectivity index (χ0v) is 9.78. The average molecular weight is 219 g/mol. The summed E-state index contributed by atoms with van der Waals surface area (Å²) >= 11 is 1.94. The average Bonchev–Trinajstić information content (AvgIpc) is 2.69. The first-order valence-electron chi connectivity index (χ1n) is 5.28. The fourth-order valence-electron chi connectivity index (χ4n) is 1.44. The second-order valence-electron chi connectivity index (χ2n) is 3.54. The molecule has 1 aliphatic rings. The number of nitrogens with one attached hydrogen (secondary N) is 1. The summed E-state index contributed by atoms with van der Waals surface area (Å²) in [5.74, 6) is 3.03. The summed E-state index contributed by atoms with van der Waals surface area (Å²) < 4.78 is 10.3. The van der Waals surface area contributed by atoms with Gasteiger partial charge in [0.25, 0.3) is 0 Å². The minimum Gasteiger partial charge on any atom is -0.384 e.